The van der Waals surface area contributed by atoms with E-state index in [-0.39, 0.29) is 17.6 Å². The third-order valence-corrected chi connectivity index (χ3v) is 4.65. The van der Waals surface area contributed by atoms with E-state index in [1.54, 1.807) is 0 Å². The molecular formula is C13H26N2O5S. The molecule has 0 saturated carbocycles. The Morgan fingerprint density at radius 2 is 1.90 bits per heavy atom. The summed E-state index contributed by atoms with van der Waals surface area (Å²) in [5.74, 6) is -0.357. The van der Waals surface area contributed by atoms with Crippen molar-refractivity contribution in [3.8, 4) is 0 Å². The first-order valence-electron chi connectivity index (χ1n) is 7.38. The van der Waals surface area contributed by atoms with Crippen LogP contribution in [-0.4, -0.2) is 75.1 Å². The van der Waals surface area contributed by atoms with Gasteiger partial charge in [0, 0.05) is 18.1 Å². The summed E-state index contributed by atoms with van der Waals surface area (Å²) in [7, 11) is -4.16. The summed E-state index contributed by atoms with van der Waals surface area (Å²) in [4.78, 5) is 11.6. The summed E-state index contributed by atoms with van der Waals surface area (Å²) in [5, 5.41) is 2.89. The van der Waals surface area contributed by atoms with Crippen LogP contribution in [0.2, 0.25) is 0 Å². The fraction of sp³-hybridized carbons (Fsp3) is 0.923. The number of hydrogen-bond acceptors (Lipinski definition) is 5. The molecule has 21 heavy (non-hydrogen) atoms. The van der Waals surface area contributed by atoms with Crippen molar-refractivity contribution in [3.05, 3.63) is 0 Å². The van der Waals surface area contributed by atoms with Crippen LogP contribution in [0.1, 0.15) is 20.3 Å². The Hall–Kier alpha value is -0.700. The molecule has 124 valence electrons. The molecule has 1 amide bonds. The van der Waals surface area contributed by atoms with Gasteiger partial charge >= 0.3 is 0 Å². The Balaban J connectivity index is 2.47. The van der Waals surface area contributed by atoms with Gasteiger partial charge in [0.15, 0.2) is 0 Å². The molecule has 0 aromatic rings. The van der Waals surface area contributed by atoms with E-state index in [9.17, 15) is 17.8 Å². The second-order valence-electron chi connectivity index (χ2n) is 5.91. The number of quaternary nitrogens is 1. The summed E-state index contributed by atoms with van der Waals surface area (Å²) in [6, 6.07) is 0. The largest absolute Gasteiger partial charge is 0.748 e. The third kappa shape index (κ3) is 7.21. The number of hydrogen-bond donors (Lipinski definition) is 1. The van der Waals surface area contributed by atoms with E-state index in [0.717, 1.165) is 19.6 Å². The average Bonchev–Trinajstić information content (AvgIpc) is 2.38. The molecule has 1 rings (SSSR count). The number of morpholine rings is 1. The molecule has 1 N–H and O–H groups in total. The van der Waals surface area contributed by atoms with Crippen molar-refractivity contribution in [1.82, 2.24) is 5.32 Å². The molecule has 1 aliphatic rings. The number of carbonyl (C=O) groups is 1. The molecule has 8 heteroatoms. The van der Waals surface area contributed by atoms with Gasteiger partial charge in [0.2, 0.25) is 5.91 Å². The van der Waals surface area contributed by atoms with Gasteiger partial charge in [0.05, 0.1) is 43.0 Å². The second-order valence-corrected chi connectivity index (χ2v) is 7.43. The highest BCUT2D eigenvalue weighted by atomic mass is 32.2. The van der Waals surface area contributed by atoms with Gasteiger partial charge in [-0.2, -0.15) is 0 Å². The first-order valence-corrected chi connectivity index (χ1v) is 8.96. The van der Waals surface area contributed by atoms with Crippen LogP contribution < -0.4 is 5.32 Å². The molecule has 0 spiro atoms. The average molecular weight is 322 g/mol. The van der Waals surface area contributed by atoms with Crippen molar-refractivity contribution >= 4 is 16.0 Å². The molecule has 0 aromatic carbocycles. The van der Waals surface area contributed by atoms with Crippen LogP contribution in [0, 0.1) is 5.92 Å². The molecule has 7 nitrogen and oxygen atoms in total. The van der Waals surface area contributed by atoms with Gasteiger partial charge in [-0.05, 0) is 0 Å². The van der Waals surface area contributed by atoms with Crippen molar-refractivity contribution in [3.63, 3.8) is 0 Å². The zero-order valence-corrected chi connectivity index (χ0v) is 13.7. The number of amides is 1. The molecule has 0 aromatic heterocycles. The molecule has 0 atom stereocenters. The lowest BCUT2D eigenvalue weighted by Crippen LogP contribution is -2.58. The Morgan fingerprint density at radius 3 is 2.43 bits per heavy atom. The van der Waals surface area contributed by atoms with E-state index < -0.39 is 10.1 Å². The number of nitrogens with zero attached hydrogens (tertiary/aromatic N) is 1. The van der Waals surface area contributed by atoms with E-state index in [2.05, 4.69) is 5.32 Å². The number of rotatable bonds is 8. The van der Waals surface area contributed by atoms with Gasteiger partial charge in [0.1, 0.15) is 13.1 Å². The maximum Gasteiger partial charge on any atom is 0.222 e. The standard InChI is InChI=1S/C13H26N2O5S/c1-12(2)13(16)14-4-6-15(7-9-20-10-8-15)5-3-11-21(17,18)19/h12H,3-11H2,1-2H3,(H-,14,16,17,18,19). The van der Waals surface area contributed by atoms with Crippen molar-refractivity contribution in [2.75, 3.05) is 51.7 Å². The lowest BCUT2D eigenvalue weighted by Gasteiger charge is -2.41. The Morgan fingerprint density at radius 1 is 1.29 bits per heavy atom. The van der Waals surface area contributed by atoms with Crippen molar-refractivity contribution in [2.24, 2.45) is 5.92 Å². The quantitative estimate of drug-likeness (QED) is 0.482. The molecular weight excluding hydrogens is 296 g/mol. The molecule has 1 fully saturated rings. The minimum Gasteiger partial charge on any atom is -0.748 e. The van der Waals surface area contributed by atoms with E-state index in [4.69, 9.17) is 4.74 Å². The monoisotopic (exact) mass is 322 g/mol. The van der Waals surface area contributed by atoms with Crippen LogP contribution >= 0.6 is 0 Å². The summed E-state index contributed by atoms with van der Waals surface area (Å²) < 4.78 is 38.2. The van der Waals surface area contributed by atoms with E-state index in [1.165, 1.54) is 0 Å². The van der Waals surface area contributed by atoms with Crippen molar-refractivity contribution in [2.45, 2.75) is 20.3 Å². The normalized spacial score (nSPS) is 18.7. The maximum absolute atomic E-state index is 11.6. The molecule has 0 aliphatic carbocycles. The maximum atomic E-state index is 11.6. The highest BCUT2D eigenvalue weighted by Crippen LogP contribution is 2.12. The lowest BCUT2D eigenvalue weighted by molar-refractivity contribution is -0.934. The topological polar surface area (TPSA) is 95.5 Å². The Labute approximate surface area is 127 Å². The minimum absolute atomic E-state index is 0.0172. The highest BCUT2D eigenvalue weighted by Gasteiger charge is 2.30. The van der Waals surface area contributed by atoms with Crippen LogP contribution in [0.25, 0.3) is 0 Å². The number of ether oxygens (including phenoxy) is 1. The molecule has 1 heterocycles. The van der Waals surface area contributed by atoms with Gasteiger partial charge in [0.25, 0.3) is 0 Å². The summed E-state index contributed by atoms with van der Waals surface area (Å²) in [5.41, 5.74) is 0. The van der Waals surface area contributed by atoms with Gasteiger partial charge in [-0.3, -0.25) is 4.79 Å². The van der Waals surface area contributed by atoms with Crippen LogP contribution in [0.3, 0.4) is 0 Å². The van der Waals surface area contributed by atoms with Gasteiger partial charge in [-0.1, -0.05) is 13.8 Å². The third-order valence-electron chi connectivity index (χ3n) is 3.86. The number of carbonyl (C=O) groups excluding carboxylic acids is 1. The van der Waals surface area contributed by atoms with Crippen molar-refractivity contribution < 1.29 is 27.0 Å². The van der Waals surface area contributed by atoms with E-state index in [1.807, 2.05) is 13.8 Å². The second kappa shape index (κ2) is 8.07. The van der Waals surface area contributed by atoms with Gasteiger partial charge in [-0.15, -0.1) is 0 Å². The molecule has 0 radical (unpaired) electrons. The fourth-order valence-corrected chi connectivity index (χ4v) is 2.97. The summed E-state index contributed by atoms with van der Waals surface area (Å²) >= 11 is 0. The zero-order valence-electron chi connectivity index (χ0n) is 12.8. The molecule has 0 bridgehead atoms. The van der Waals surface area contributed by atoms with E-state index in [0.29, 0.717) is 37.2 Å². The summed E-state index contributed by atoms with van der Waals surface area (Å²) in [6.07, 6.45) is 0.351. The van der Waals surface area contributed by atoms with E-state index >= 15 is 0 Å². The SMILES string of the molecule is CC(C)C(=O)NCC[N+]1(CCCS(=O)(=O)[O-])CCOCC1. The fourth-order valence-electron chi connectivity index (χ4n) is 2.49. The Bertz CT molecular complexity index is 430. The van der Waals surface area contributed by atoms with Crippen LogP contribution in [-0.2, 0) is 19.6 Å². The molecule has 1 aliphatic heterocycles. The first-order chi connectivity index (χ1) is 9.74. The first kappa shape index (κ1) is 18.3. The zero-order chi connectivity index (χ0) is 15.9. The van der Waals surface area contributed by atoms with Crippen LogP contribution in [0.5, 0.6) is 0 Å². The van der Waals surface area contributed by atoms with Gasteiger partial charge < -0.3 is 19.1 Å². The lowest BCUT2D eigenvalue weighted by atomic mass is 10.2. The summed E-state index contributed by atoms with van der Waals surface area (Å²) in [6.45, 7) is 8.43. The van der Waals surface area contributed by atoms with Crippen molar-refractivity contribution in [1.29, 1.82) is 0 Å². The minimum atomic E-state index is -4.16. The highest BCUT2D eigenvalue weighted by molar-refractivity contribution is 7.85. The van der Waals surface area contributed by atoms with Crippen LogP contribution in [0.15, 0.2) is 0 Å². The van der Waals surface area contributed by atoms with Gasteiger partial charge in [-0.25, -0.2) is 8.42 Å². The predicted molar refractivity (Wildman–Crippen MR) is 77.6 cm³/mol. The predicted octanol–water partition coefficient (Wildman–Crippen LogP) is -0.459. The smallest absolute Gasteiger partial charge is 0.222 e. The van der Waals surface area contributed by atoms with Crippen LogP contribution in [0.4, 0.5) is 0 Å². The molecule has 0 unspecified atom stereocenters. The Kier molecular flexibility index (Phi) is 7.05. The number of nitrogens with one attached hydrogen (secondary N) is 1. The molecule has 1 saturated heterocycles.